The topological polar surface area (TPSA) is 38.7 Å². The Morgan fingerprint density at radius 1 is 0.395 bits per heavy atom. The van der Waals surface area contributed by atoms with E-state index in [4.69, 9.17) is 15.0 Å². The summed E-state index contributed by atoms with van der Waals surface area (Å²) in [4.78, 5) is 14.8. The Morgan fingerprint density at radius 2 is 0.953 bits per heavy atom. The predicted molar refractivity (Wildman–Crippen MR) is 180 cm³/mol. The fourth-order valence-corrected chi connectivity index (χ4v) is 6.60. The summed E-state index contributed by atoms with van der Waals surface area (Å²) >= 11 is 1.76. The summed E-state index contributed by atoms with van der Waals surface area (Å²) in [5, 5.41) is 3.51. The number of nitrogens with zero attached hydrogens (tertiary/aromatic N) is 3. The second-order valence-electron chi connectivity index (χ2n) is 10.5. The molecule has 0 aliphatic carbocycles. The molecule has 0 saturated heterocycles. The summed E-state index contributed by atoms with van der Waals surface area (Å²) in [6.07, 6.45) is 0. The summed E-state index contributed by atoms with van der Waals surface area (Å²) in [7, 11) is 0. The fourth-order valence-electron chi connectivity index (χ4n) is 5.50. The van der Waals surface area contributed by atoms with E-state index in [-0.39, 0.29) is 0 Å². The molecule has 0 spiro atoms. The van der Waals surface area contributed by atoms with Crippen molar-refractivity contribution in [1.82, 2.24) is 15.0 Å². The Balaban J connectivity index is 1.15. The highest BCUT2D eigenvalue weighted by Crippen LogP contribution is 2.37. The van der Waals surface area contributed by atoms with E-state index < -0.39 is 0 Å². The molecule has 8 rings (SSSR count). The van der Waals surface area contributed by atoms with Crippen LogP contribution in [-0.4, -0.2) is 15.0 Å². The third kappa shape index (κ3) is 4.88. The summed E-state index contributed by atoms with van der Waals surface area (Å²) in [6, 6.07) is 52.7. The number of thiazole rings is 1. The molecule has 0 unspecified atom stereocenters. The van der Waals surface area contributed by atoms with Crippen LogP contribution in [0.4, 0.5) is 0 Å². The third-order valence-electron chi connectivity index (χ3n) is 7.73. The van der Waals surface area contributed by atoms with Gasteiger partial charge in [0.2, 0.25) is 0 Å². The molecule has 3 nitrogen and oxygen atoms in total. The van der Waals surface area contributed by atoms with Crippen LogP contribution in [0.25, 0.3) is 76.6 Å². The molecule has 0 fully saturated rings. The first kappa shape index (κ1) is 25.3. The van der Waals surface area contributed by atoms with Crippen LogP contribution < -0.4 is 0 Å². The summed E-state index contributed by atoms with van der Waals surface area (Å²) in [6.45, 7) is 0. The lowest BCUT2D eigenvalue weighted by molar-refractivity contribution is 1.18. The Morgan fingerprint density at radius 3 is 1.63 bits per heavy atom. The molecule has 4 heteroatoms. The number of hydrogen-bond donors (Lipinski definition) is 0. The van der Waals surface area contributed by atoms with Crippen LogP contribution >= 0.6 is 11.3 Å². The first-order chi connectivity index (χ1) is 21.3. The summed E-state index contributed by atoms with van der Waals surface area (Å²) in [5.74, 6) is 0.723. The fraction of sp³-hybridized carbons (Fsp3) is 0. The number of benzene rings is 6. The van der Waals surface area contributed by atoms with Gasteiger partial charge in [0.25, 0.3) is 0 Å². The zero-order chi connectivity index (χ0) is 28.6. The molecule has 0 radical (unpaired) electrons. The molecule has 0 saturated carbocycles. The molecule has 43 heavy (non-hydrogen) atoms. The van der Waals surface area contributed by atoms with E-state index in [1.165, 1.54) is 26.6 Å². The smallest absolute Gasteiger partial charge is 0.160 e. The predicted octanol–water partition coefficient (Wildman–Crippen LogP) is 10.6. The highest BCUT2D eigenvalue weighted by Gasteiger charge is 2.12. The average Bonchev–Trinajstić information content (AvgIpc) is 3.54. The van der Waals surface area contributed by atoms with E-state index in [2.05, 4.69) is 109 Å². The van der Waals surface area contributed by atoms with Crippen LogP contribution in [0.15, 0.2) is 152 Å². The number of hydrogen-bond acceptors (Lipinski definition) is 4. The lowest BCUT2D eigenvalue weighted by atomic mass is 9.99. The Bertz CT molecular complexity index is 2150. The normalized spacial score (nSPS) is 11.3. The third-order valence-corrected chi connectivity index (χ3v) is 8.89. The maximum absolute atomic E-state index is 4.98. The standard InChI is InChI=1S/C39H25N3S/c1-4-10-27(11-5-1)35-25-36(41-38(40-35)29-12-6-2-7-13-29)28-18-16-26(17-19-28)31-20-22-33-32(24-31)21-23-34-37(33)43-39(42-34)30-14-8-3-9-15-30/h1-25H. The number of rotatable bonds is 5. The van der Waals surface area contributed by atoms with Crippen LogP contribution in [0, 0.1) is 0 Å². The van der Waals surface area contributed by atoms with Gasteiger partial charge in [-0.2, -0.15) is 0 Å². The number of fused-ring (bicyclic) bond motifs is 3. The molecule has 0 aliphatic heterocycles. The highest BCUT2D eigenvalue weighted by atomic mass is 32.1. The highest BCUT2D eigenvalue weighted by molar-refractivity contribution is 7.22. The van der Waals surface area contributed by atoms with Crippen molar-refractivity contribution in [2.24, 2.45) is 0 Å². The van der Waals surface area contributed by atoms with Crippen LogP contribution in [-0.2, 0) is 0 Å². The molecule has 0 atom stereocenters. The minimum atomic E-state index is 0.723. The second-order valence-corrected chi connectivity index (χ2v) is 11.5. The second kappa shape index (κ2) is 10.8. The SMILES string of the molecule is c1ccc(-c2cc(-c3ccc(-c4ccc5c(ccc6nc(-c7ccccc7)sc65)c4)cc3)nc(-c3ccccc3)n2)cc1. The maximum atomic E-state index is 4.98. The van der Waals surface area contributed by atoms with Crippen LogP contribution in [0.2, 0.25) is 0 Å². The lowest BCUT2D eigenvalue weighted by Gasteiger charge is -2.10. The van der Waals surface area contributed by atoms with Gasteiger partial charge in [-0.05, 0) is 34.7 Å². The molecular weight excluding hydrogens is 543 g/mol. The van der Waals surface area contributed by atoms with E-state index in [1.54, 1.807) is 11.3 Å². The van der Waals surface area contributed by atoms with Crippen molar-refractivity contribution in [2.45, 2.75) is 0 Å². The summed E-state index contributed by atoms with van der Waals surface area (Å²) < 4.78 is 1.23. The molecular formula is C39H25N3S. The van der Waals surface area contributed by atoms with Gasteiger partial charge in [0.15, 0.2) is 5.82 Å². The van der Waals surface area contributed by atoms with E-state index in [0.29, 0.717) is 0 Å². The van der Waals surface area contributed by atoms with Crippen LogP contribution in [0.1, 0.15) is 0 Å². The van der Waals surface area contributed by atoms with Gasteiger partial charge in [-0.1, -0.05) is 133 Å². The molecule has 0 bridgehead atoms. The molecule has 0 aliphatic rings. The van der Waals surface area contributed by atoms with Crippen molar-refractivity contribution in [3.63, 3.8) is 0 Å². The van der Waals surface area contributed by atoms with Crippen molar-refractivity contribution in [3.8, 4) is 55.6 Å². The van der Waals surface area contributed by atoms with Gasteiger partial charge in [0.1, 0.15) is 5.01 Å². The van der Waals surface area contributed by atoms with Crippen molar-refractivity contribution >= 4 is 32.3 Å². The largest absolute Gasteiger partial charge is 0.236 e. The molecule has 6 aromatic carbocycles. The Hall–Kier alpha value is -5.45. The van der Waals surface area contributed by atoms with Gasteiger partial charge in [-0.3, -0.25) is 0 Å². The van der Waals surface area contributed by atoms with Gasteiger partial charge in [-0.15, -0.1) is 11.3 Å². The van der Waals surface area contributed by atoms with Crippen molar-refractivity contribution in [3.05, 3.63) is 152 Å². The van der Waals surface area contributed by atoms with E-state index in [9.17, 15) is 0 Å². The minimum Gasteiger partial charge on any atom is -0.236 e. The van der Waals surface area contributed by atoms with Gasteiger partial charge in [-0.25, -0.2) is 15.0 Å². The van der Waals surface area contributed by atoms with Crippen molar-refractivity contribution < 1.29 is 0 Å². The Kier molecular flexibility index (Phi) is 6.32. The minimum absolute atomic E-state index is 0.723. The van der Waals surface area contributed by atoms with Crippen molar-refractivity contribution in [1.29, 1.82) is 0 Å². The maximum Gasteiger partial charge on any atom is 0.160 e. The first-order valence-electron chi connectivity index (χ1n) is 14.3. The van der Waals surface area contributed by atoms with Crippen LogP contribution in [0.3, 0.4) is 0 Å². The van der Waals surface area contributed by atoms with Crippen molar-refractivity contribution in [2.75, 3.05) is 0 Å². The molecule has 0 N–H and O–H groups in total. The monoisotopic (exact) mass is 567 g/mol. The van der Waals surface area contributed by atoms with Gasteiger partial charge < -0.3 is 0 Å². The van der Waals surface area contributed by atoms with Gasteiger partial charge >= 0.3 is 0 Å². The zero-order valence-electron chi connectivity index (χ0n) is 23.2. The summed E-state index contributed by atoms with van der Waals surface area (Å²) in [5.41, 5.74) is 9.49. The lowest BCUT2D eigenvalue weighted by Crippen LogP contribution is -1.95. The quantitative estimate of drug-likeness (QED) is 0.208. The van der Waals surface area contributed by atoms with Gasteiger partial charge in [0, 0.05) is 27.6 Å². The first-order valence-corrected chi connectivity index (χ1v) is 15.1. The van der Waals surface area contributed by atoms with E-state index >= 15 is 0 Å². The molecule has 202 valence electrons. The number of aromatic nitrogens is 3. The average molecular weight is 568 g/mol. The van der Waals surface area contributed by atoms with E-state index in [1.807, 2.05) is 42.5 Å². The van der Waals surface area contributed by atoms with Gasteiger partial charge in [0.05, 0.1) is 21.6 Å². The van der Waals surface area contributed by atoms with Crippen LogP contribution in [0.5, 0.6) is 0 Å². The molecule has 2 aromatic heterocycles. The Labute approximate surface area is 253 Å². The molecule has 8 aromatic rings. The molecule has 0 amide bonds. The molecule has 2 heterocycles. The zero-order valence-corrected chi connectivity index (χ0v) is 24.0. The van der Waals surface area contributed by atoms with E-state index in [0.717, 1.165) is 50.0 Å².